The van der Waals surface area contributed by atoms with Gasteiger partial charge >= 0.3 is 0 Å². The van der Waals surface area contributed by atoms with E-state index in [1.165, 1.54) is 0 Å². The van der Waals surface area contributed by atoms with Gasteiger partial charge in [-0.15, -0.1) is 0 Å². The molecule has 0 unspecified atom stereocenters. The topological polar surface area (TPSA) is 70.2 Å². The molecule has 0 aromatic rings. The highest BCUT2D eigenvalue weighted by Crippen LogP contribution is 2.10. The van der Waals surface area contributed by atoms with Crippen LogP contribution in [-0.2, 0) is 4.79 Å². The van der Waals surface area contributed by atoms with Gasteiger partial charge in [0.1, 0.15) is 0 Å². The van der Waals surface area contributed by atoms with Crippen molar-refractivity contribution in [2.45, 2.75) is 25.7 Å². The Morgan fingerprint density at radius 3 is 2.92 bits per heavy atom. The molecule has 1 heterocycles. The van der Waals surface area contributed by atoms with Gasteiger partial charge in [-0.25, -0.2) is 0 Å². The minimum absolute atomic E-state index is 0.284. The fourth-order valence-electron chi connectivity index (χ4n) is 1.38. The summed E-state index contributed by atoms with van der Waals surface area (Å²) in [6, 6.07) is 0. The molecular formula is C8H15N3O. The zero-order valence-electron chi connectivity index (χ0n) is 7.18. The van der Waals surface area contributed by atoms with Gasteiger partial charge in [0.2, 0.25) is 5.91 Å². The Kier molecular flexibility index (Phi) is 3.08. The molecule has 1 saturated heterocycles. The van der Waals surface area contributed by atoms with Crippen LogP contribution in [0.3, 0.4) is 0 Å². The first-order chi connectivity index (χ1) is 5.70. The van der Waals surface area contributed by atoms with Crippen molar-refractivity contribution in [3.05, 3.63) is 0 Å². The highest BCUT2D eigenvalue weighted by molar-refractivity contribution is 5.80. The fraction of sp³-hybridized carbons (Fsp3) is 0.750. The van der Waals surface area contributed by atoms with Crippen molar-refractivity contribution < 1.29 is 4.79 Å². The van der Waals surface area contributed by atoms with Gasteiger partial charge in [-0.3, -0.25) is 10.2 Å². The third-order valence-corrected chi connectivity index (χ3v) is 2.10. The summed E-state index contributed by atoms with van der Waals surface area (Å²) in [5.41, 5.74) is 5.02. The van der Waals surface area contributed by atoms with Crippen molar-refractivity contribution >= 4 is 11.7 Å². The summed E-state index contributed by atoms with van der Waals surface area (Å²) in [7, 11) is 0. The predicted molar refractivity (Wildman–Crippen MR) is 47.0 cm³/mol. The lowest BCUT2D eigenvalue weighted by Gasteiger charge is -2.28. The lowest BCUT2D eigenvalue weighted by atomic mass is 10.1. The molecule has 1 aliphatic heterocycles. The number of primary amides is 1. The summed E-state index contributed by atoms with van der Waals surface area (Å²) in [5.74, 6) is 0.371. The molecule has 0 aromatic carbocycles. The van der Waals surface area contributed by atoms with E-state index in [-0.39, 0.29) is 5.91 Å². The van der Waals surface area contributed by atoms with Gasteiger partial charge in [0.25, 0.3) is 0 Å². The van der Waals surface area contributed by atoms with E-state index >= 15 is 0 Å². The number of carbonyl (C=O) groups excluding carboxylic acids is 1. The zero-order valence-corrected chi connectivity index (χ0v) is 7.18. The third-order valence-electron chi connectivity index (χ3n) is 2.10. The Labute approximate surface area is 72.2 Å². The first kappa shape index (κ1) is 9.03. The van der Waals surface area contributed by atoms with E-state index in [1.807, 2.05) is 4.90 Å². The summed E-state index contributed by atoms with van der Waals surface area (Å²) in [5, 5.41) is 7.56. The second-order valence-electron chi connectivity index (χ2n) is 3.11. The van der Waals surface area contributed by atoms with Crippen LogP contribution in [-0.4, -0.2) is 29.7 Å². The molecule has 0 radical (unpaired) electrons. The monoisotopic (exact) mass is 169 g/mol. The number of piperidine rings is 1. The number of rotatable bonds is 3. The molecule has 12 heavy (non-hydrogen) atoms. The zero-order chi connectivity index (χ0) is 8.97. The summed E-state index contributed by atoms with van der Waals surface area (Å²) >= 11 is 0. The lowest BCUT2D eigenvalue weighted by molar-refractivity contribution is -0.118. The second kappa shape index (κ2) is 4.09. The Balaban J connectivity index is 2.29. The minimum atomic E-state index is -0.284. The van der Waals surface area contributed by atoms with E-state index in [1.54, 1.807) is 0 Å². The number of carbonyl (C=O) groups is 1. The molecular weight excluding hydrogens is 154 g/mol. The van der Waals surface area contributed by atoms with Crippen LogP contribution in [0.5, 0.6) is 0 Å². The first-order valence-corrected chi connectivity index (χ1v) is 4.31. The predicted octanol–water partition coefficient (Wildman–Crippen LogP) is 0.325. The van der Waals surface area contributed by atoms with E-state index in [2.05, 4.69) is 0 Å². The smallest absolute Gasteiger partial charge is 0.219 e. The van der Waals surface area contributed by atoms with Crippen LogP contribution >= 0.6 is 0 Å². The molecule has 0 aliphatic carbocycles. The van der Waals surface area contributed by atoms with Crippen molar-refractivity contribution in [3.63, 3.8) is 0 Å². The van der Waals surface area contributed by atoms with Crippen molar-refractivity contribution in [2.24, 2.45) is 5.73 Å². The Morgan fingerprint density at radius 2 is 2.33 bits per heavy atom. The van der Waals surface area contributed by atoms with Crippen LogP contribution in [0, 0.1) is 5.41 Å². The van der Waals surface area contributed by atoms with Crippen molar-refractivity contribution in [1.29, 1.82) is 5.41 Å². The van der Waals surface area contributed by atoms with Crippen LogP contribution in [0.15, 0.2) is 0 Å². The molecule has 1 aliphatic rings. The maximum atomic E-state index is 10.5. The number of likely N-dealkylation sites (tertiary alicyclic amines) is 1. The number of hydrogen-bond acceptors (Lipinski definition) is 2. The molecule has 4 nitrogen and oxygen atoms in total. The molecule has 0 spiro atoms. The highest BCUT2D eigenvalue weighted by atomic mass is 16.1. The van der Waals surface area contributed by atoms with Crippen LogP contribution in [0.2, 0.25) is 0 Å². The molecule has 68 valence electrons. The normalized spacial score (nSPS) is 18.0. The van der Waals surface area contributed by atoms with Crippen LogP contribution < -0.4 is 5.73 Å². The summed E-state index contributed by atoms with van der Waals surface area (Å²) in [6.07, 6.45) is 3.44. The Morgan fingerprint density at radius 1 is 1.58 bits per heavy atom. The second-order valence-corrected chi connectivity index (χ2v) is 3.11. The average Bonchev–Trinajstić information content (AvgIpc) is 2.03. The van der Waals surface area contributed by atoms with Gasteiger partial charge in [0.05, 0.1) is 5.84 Å². The average molecular weight is 169 g/mol. The number of amidine groups is 1. The van der Waals surface area contributed by atoms with Gasteiger partial charge in [-0.05, 0) is 12.8 Å². The molecule has 1 fully saturated rings. The van der Waals surface area contributed by atoms with Gasteiger partial charge < -0.3 is 10.6 Å². The lowest BCUT2D eigenvalue weighted by Crippen LogP contribution is -2.37. The number of hydrogen-bond donors (Lipinski definition) is 2. The third kappa shape index (κ3) is 2.53. The standard InChI is InChI=1S/C8H15N3O/c9-7-3-1-2-5-11(7)6-4-8(10)12/h9H,1-6H2,(H2,10,12). The number of amides is 1. The van der Waals surface area contributed by atoms with Crippen LogP contribution in [0.25, 0.3) is 0 Å². The number of nitrogens with one attached hydrogen (secondary N) is 1. The van der Waals surface area contributed by atoms with E-state index in [0.29, 0.717) is 18.8 Å². The van der Waals surface area contributed by atoms with E-state index in [9.17, 15) is 4.79 Å². The van der Waals surface area contributed by atoms with E-state index in [0.717, 1.165) is 25.8 Å². The molecule has 1 rings (SSSR count). The van der Waals surface area contributed by atoms with Crippen molar-refractivity contribution in [3.8, 4) is 0 Å². The minimum Gasteiger partial charge on any atom is -0.370 e. The molecule has 0 saturated carbocycles. The van der Waals surface area contributed by atoms with Crippen LogP contribution in [0.4, 0.5) is 0 Å². The first-order valence-electron chi connectivity index (χ1n) is 4.31. The van der Waals surface area contributed by atoms with Gasteiger partial charge in [0, 0.05) is 25.9 Å². The maximum Gasteiger partial charge on any atom is 0.219 e. The van der Waals surface area contributed by atoms with Crippen molar-refractivity contribution in [1.82, 2.24) is 4.90 Å². The van der Waals surface area contributed by atoms with Gasteiger partial charge in [-0.2, -0.15) is 0 Å². The molecule has 0 atom stereocenters. The molecule has 1 amide bonds. The number of nitrogens with zero attached hydrogens (tertiary/aromatic N) is 1. The van der Waals surface area contributed by atoms with Crippen molar-refractivity contribution in [2.75, 3.05) is 13.1 Å². The maximum absolute atomic E-state index is 10.5. The summed E-state index contributed by atoms with van der Waals surface area (Å²) in [4.78, 5) is 12.4. The highest BCUT2D eigenvalue weighted by Gasteiger charge is 2.14. The SMILES string of the molecule is N=C1CCCCN1CCC(N)=O. The molecule has 3 N–H and O–H groups in total. The molecule has 0 bridgehead atoms. The van der Waals surface area contributed by atoms with E-state index < -0.39 is 0 Å². The summed E-state index contributed by atoms with van der Waals surface area (Å²) in [6.45, 7) is 1.53. The van der Waals surface area contributed by atoms with E-state index in [4.69, 9.17) is 11.1 Å². The summed E-state index contributed by atoms with van der Waals surface area (Å²) < 4.78 is 0. The molecule has 4 heteroatoms. The largest absolute Gasteiger partial charge is 0.370 e. The fourth-order valence-corrected chi connectivity index (χ4v) is 1.38. The van der Waals surface area contributed by atoms with Gasteiger partial charge in [0.15, 0.2) is 0 Å². The number of nitrogens with two attached hydrogens (primary N) is 1. The quantitative estimate of drug-likeness (QED) is 0.639. The molecule has 0 aromatic heterocycles. The van der Waals surface area contributed by atoms with Gasteiger partial charge in [-0.1, -0.05) is 0 Å². The Hall–Kier alpha value is -1.06. The Bertz CT molecular complexity index is 191. The van der Waals surface area contributed by atoms with Crippen LogP contribution in [0.1, 0.15) is 25.7 Å².